The molecule has 0 saturated carbocycles. The molecule has 0 spiro atoms. The SMILES string of the molecule is Cn1cc(-c2ncccc2CN)cn1. The maximum absolute atomic E-state index is 5.63. The first kappa shape index (κ1) is 8.90. The van der Waals surface area contributed by atoms with Crippen LogP contribution in [0.25, 0.3) is 11.3 Å². The summed E-state index contributed by atoms with van der Waals surface area (Å²) in [5, 5.41) is 4.10. The molecule has 0 aliphatic heterocycles. The van der Waals surface area contributed by atoms with E-state index in [0.29, 0.717) is 6.54 Å². The molecule has 0 aliphatic rings. The fourth-order valence-corrected chi connectivity index (χ4v) is 1.41. The zero-order valence-electron chi connectivity index (χ0n) is 8.01. The van der Waals surface area contributed by atoms with Gasteiger partial charge in [-0.05, 0) is 11.6 Å². The van der Waals surface area contributed by atoms with Gasteiger partial charge in [0.2, 0.25) is 0 Å². The highest BCUT2D eigenvalue weighted by molar-refractivity contribution is 5.61. The molecule has 0 aliphatic carbocycles. The minimum atomic E-state index is 0.498. The summed E-state index contributed by atoms with van der Waals surface area (Å²) in [6.45, 7) is 0.498. The highest BCUT2D eigenvalue weighted by Crippen LogP contribution is 2.19. The van der Waals surface area contributed by atoms with Crippen molar-refractivity contribution in [1.29, 1.82) is 0 Å². The maximum Gasteiger partial charge on any atom is 0.0778 e. The number of aryl methyl sites for hydroxylation is 1. The van der Waals surface area contributed by atoms with Gasteiger partial charge in [0, 0.05) is 31.5 Å². The number of nitrogens with zero attached hydrogens (tertiary/aromatic N) is 3. The molecule has 72 valence electrons. The lowest BCUT2D eigenvalue weighted by molar-refractivity contribution is 0.768. The van der Waals surface area contributed by atoms with Gasteiger partial charge in [0.15, 0.2) is 0 Å². The zero-order chi connectivity index (χ0) is 9.97. The van der Waals surface area contributed by atoms with Gasteiger partial charge in [-0.3, -0.25) is 9.67 Å². The molecule has 0 unspecified atom stereocenters. The minimum absolute atomic E-state index is 0.498. The van der Waals surface area contributed by atoms with E-state index in [1.807, 2.05) is 25.4 Å². The van der Waals surface area contributed by atoms with Crippen molar-refractivity contribution >= 4 is 0 Å². The van der Waals surface area contributed by atoms with E-state index in [1.54, 1.807) is 17.1 Å². The summed E-state index contributed by atoms with van der Waals surface area (Å²) in [5.74, 6) is 0. The summed E-state index contributed by atoms with van der Waals surface area (Å²) >= 11 is 0. The molecule has 0 saturated heterocycles. The van der Waals surface area contributed by atoms with E-state index >= 15 is 0 Å². The molecule has 0 amide bonds. The van der Waals surface area contributed by atoms with Crippen molar-refractivity contribution in [3.05, 3.63) is 36.3 Å². The quantitative estimate of drug-likeness (QED) is 0.763. The molecular weight excluding hydrogens is 176 g/mol. The van der Waals surface area contributed by atoms with Crippen LogP contribution in [0.4, 0.5) is 0 Å². The molecule has 0 radical (unpaired) electrons. The number of rotatable bonds is 2. The van der Waals surface area contributed by atoms with Crippen molar-refractivity contribution in [2.24, 2.45) is 12.8 Å². The predicted molar refractivity (Wildman–Crippen MR) is 54.3 cm³/mol. The first-order chi connectivity index (χ1) is 6.81. The van der Waals surface area contributed by atoms with Gasteiger partial charge in [0.05, 0.1) is 11.9 Å². The molecule has 0 fully saturated rings. The average molecular weight is 188 g/mol. The third-order valence-electron chi connectivity index (χ3n) is 2.09. The predicted octanol–water partition coefficient (Wildman–Crippen LogP) is 0.941. The zero-order valence-corrected chi connectivity index (χ0v) is 8.01. The summed E-state index contributed by atoms with van der Waals surface area (Å²) < 4.78 is 1.75. The first-order valence-corrected chi connectivity index (χ1v) is 4.44. The van der Waals surface area contributed by atoms with Crippen LogP contribution in [-0.4, -0.2) is 14.8 Å². The molecule has 2 N–H and O–H groups in total. The maximum atomic E-state index is 5.63. The second-order valence-electron chi connectivity index (χ2n) is 3.12. The van der Waals surface area contributed by atoms with Gasteiger partial charge >= 0.3 is 0 Å². The highest BCUT2D eigenvalue weighted by atomic mass is 15.2. The minimum Gasteiger partial charge on any atom is -0.326 e. The van der Waals surface area contributed by atoms with Gasteiger partial charge in [-0.2, -0.15) is 5.10 Å². The Kier molecular flexibility index (Phi) is 2.28. The molecule has 14 heavy (non-hydrogen) atoms. The molecule has 2 aromatic heterocycles. The van der Waals surface area contributed by atoms with Crippen LogP contribution in [-0.2, 0) is 13.6 Å². The van der Waals surface area contributed by atoms with E-state index in [2.05, 4.69) is 10.1 Å². The molecular formula is C10H12N4. The summed E-state index contributed by atoms with van der Waals surface area (Å²) in [4.78, 5) is 4.30. The fraction of sp³-hybridized carbons (Fsp3) is 0.200. The summed E-state index contributed by atoms with van der Waals surface area (Å²) in [7, 11) is 1.88. The topological polar surface area (TPSA) is 56.7 Å². The van der Waals surface area contributed by atoms with Gasteiger partial charge in [0.1, 0.15) is 0 Å². The lowest BCUT2D eigenvalue weighted by Gasteiger charge is -2.02. The van der Waals surface area contributed by atoms with Crippen molar-refractivity contribution < 1.29 is 0 Å². The van der Waals surface area contributed by atoms with Crippen LogP contribution in [0.1, 0.15) is 5.56 Å². The summed E-state index contributed by atoms with van der Waals surface area (Å²) in [5.41, 5.74) is 8.60. The Labute approximate surface area is 82.4 Å². The summed E-state index contributed by atoms with van der Waals surface area (Å²) in [6.07, 6.45) is 5.49. The van der Waals surface area contributed by atoms with E-state index in [1.165, 1.54) is 0 Å². The molecule has 4 nitrogen and oxygen atoms in total. The van der Waals surface area contributed by atoms with E-state index in [9.17, 15) is 0 Å². The standard InChI is InChI=1S/C10H12N4/c1-14-7-9(6-13-14)10-8(5-11)3-2-4-12-10/h2-4,6-7H,5,11H2,1H3. The Hall–Kier alpha value is -1.68. The highest BCUT2D eigenvalue weighted by Gasteiger charge is 2.05. The van der Waals surface area contributed by atoms with E-state index in [0.717, 1.165) is 16.8 Å². The van der Waals surface area contributed by atoms with Gasteiger partial charge in [0.25, 0.3) is 0 Å². The van der Waals surface area contributed by atoms with Gasteiger partial charge in [-0.25, -0.2) is 0 Å². The van der Waals surface area contributed by atoms with Crippen molar-refractivity contribution in [2.75, 3.05) is 0 Å². The molecule has 0 bridgehead atoms. The molecule has 2 aromatic rings. The first-order valence-electron chi connectivity index (χ1n) is 4.44. The number of aromatic nitrogens is 3. The van der Waals surface area contributed by atoms with Crippen LogP contribution in [0.15, 0.2) is 30.7 Å². The number of hydrogen-bond donors (Lipinski definition) is 1. The fourth-order valence-electron chi connectivity index (χ4n) is 1.41. The van der Waals surface area contributed by atoms with Gasteiger partial charge in [-0.15, -0.1) is 0 Å². The van der Waals surface area contributed by atoms with Crippen molar-refractivity contribution in [3.8, 4) is 11.3 Å². The normalized spacial score (nSPS) is 10.4. The van der Waals surface area contributed by atoms with Crippen LogP contribution >= 0.6 is 0 Å². The van der Waals surface area contributed by atoms with Crippen LogP contribution in [0.2, 0.25) is 0 Å². The van der Waals surface area contributed by atoms with Crippen LogP contribution in [0.3, 0.4) is 0 Å². The van der Waals surface area contributed by atoms with Gasteiger partial charge < -0.3 is 5.73 Å². The van der Waals surface area contributed by atoms with Crippen molar-refractivity contribution in [1.82, 2.24) is 14.8 Å². The Balaban J connectivity index is 2.50. The van der Waals surface area contributed by atoms with Crippen LogP contribution in [0.5, 0.6) is 0 Å². The van der Waals surface area contributed by atoms with Crippen LogP contribution in [0, 0.1) is 0 Å². The molecule has 0 aromatic carbocycles. The van der Waals surface area contributed by atoms with E-state index < -0.39 is 0 Å². The number of pyridine rings is 1. The molecule has 0 atom stereocenters. The van der Waals surface area contributed by atoms with Crippen molar-refractivity contribution in [2.45, 2.75) is 6.54 Å². The average Bonchev–Trinajstić information content (AvgIpc) is 2.65. The number of hydrogen-bond acceptors (Lipinski definition) is 3. The van der Waals surface area contributed by atoms with Crippen molar-refractivity contribution in [3.63, 3.8) is 0 Å². The smallest absolute Gasteiger partial charge is 0.0778 e. The molecule has 2 rings (SSSR count). The lowest BCUT2D eigenvalue weighted by atomic mass is 10.1. The Morgan fingerprint density at radius 1 is 1.50 bits per heavy atom. The molecule has 2 heterocycles. The lowest BCUT2D eigenvalue weighted by Crippen LogP contribution is -1.99. The third-order valence-corrected chi connectivity index (χ3v) is 2.09. The van der Waals surface area contributed by atoms with E-state index in [-0.39, 0.29) is 0 Å². The number of nitrogens with two attached hydrogens (primary N) is 1. The second-order valence-corrected chi connectivity index (χ2v) is 3.12. The Morgan fingerprint density at radius 2 is 2.36 bits per heavy atom. The molecule has 4 heteroatoms. The monoisotopic (exact) mass is 188 g/mol. The largest absolute Gasteiger partial charge is 0.326 e. The second kappa shape index (κ2) is 3.59. The summed E-state index contributed by atoms with van der Waals surface area (Å²) in [6, 6.07) is 3.87. The van der Waals surface area contributed by atoms with Crippen LogP contribution < -0.4 is 5.73 Å². The third kappa shape index (κ3) is 1.52. The Morgan fingerprint density at radius 3 is 3.00 bits per heavy atom. The Bertz CT molecular complexity index is 433. The van der Waals surface area contributed by atoms with E-state index in [4.69, 9.17) is 5.73 Å². The van der Waals surface area contributed by atoms with Gasteiger partial charge in [-0.1, -0.05) is 6.07 Å².